The first-order chi connectivity index (χ1) is 10.9. The largest absolute Gasteiger partial charge is 0.480 e. The molecule has 2 amide bonds. The maximum absolute atomic E-state index is 11.9. The van der Waals surface area contributed by atoms with Crippen LogP contribution in [0.2, 0.25) is 10.0 Å². The van der Waals surface area contributed by atoms with Crippen LogP contribution in [-0.2, 0) is 4.79 Å². The van der Waals surface area contributed by atoms with Crippen LogP contribution < -0.4 is 10.6 Å². The number of anilines is 1. The molecule has 1 aliphatic carbocycles. The Balaban J connectivity index is 1.77. The molecule has 0 heterocycles. The van der Waals surface area contributed by atoms with Crippen LogP contribution in [0.25, 0.3) is 0 Å². The lowest BCUT2D eigenvalue weighted by molar-refractivity contribution is -0.139. The van der Waals surface area contributed by atoms with Crippen molar-refractivity contribution in [3.05, 3.63) is 28.2 Å². The first kappa shape index (κ1) is 17.8. The minimum absolute atomic E-state index is 0.0311. The Morgan fingerprint density at radius 3 is 2.57 bits per heavy atom. The third-order valence-electron chi connectivity index (χ3n) is 3.89. The van der Waals surface area contributed by atoms with Crippen molar-refractivity contribution in [1.82, 2.24) is 10.2 Å². The molecular weight excluding hydrogens is 341 g/mol. The Bertz CT molecular complexity index is 591. The number of carboxylic acid groups (broad SMARTS) is 1. The highest BCUT2D eigenvalue weighted by molar-refractivity contribution is 6.42. The standard InChI is InChI=1S/C15H19Cl2N3O3/c1-2-20(8-14(21)22)11-5-10(6-11)19-15(23)18-9-3-4-12(16)13(17)7-9/h3-4,7,10-11H,2,5-6,8H2,1H3,(H,21,22)(H2,18,19,23). The summed E-state index contributed by atoms with van der Waals surface area (Å²) < 4.78 is 0. The Morgan fingerprint density at radius 2 is 2.00 bits per heavy atom. The van der Waals surface area contributed by atoms with Crippen LogP contribution in [0.5, 0.6) is 0 Å². The molecule has 3 N–H and O–H groups in total. The third-order valence-corrected chi connectivity index (χ3v) is 4.63. The molecular formula is C15H19Cl2N3O3. The number of nitrogens with one attached hydrogen (secondary N) is 2. The highest BCUT2D eigenvalue weighted by Gasteiger charge is 2.34. The number of likely N-dealkylation sites (N-methyl/N-ethyl adjacent to an activating group) is 1. The second-order valence-corrected chi connectivity index (χ2v) is 6.32. The van der Waals surface area contributed by atoms with Crippen LogP contribution in [0.4, 0.5) is 10.5 Å². The van der Waals surface area contributed by atoms with Gasteiger partial charge in [-0.3, -0.25) is 9.69 Å². The molecule has 0 aliphatic heterocycles. The number of hydrogen-bond acceptors (Lipinski definition) is 3. The fraction of sp³-hybridized carbons (Fsp3) is 0.467. The second kappa shape index (κ2) is 7.86. The average Bonchev–Trinajstić information content (AvgIpc) is 2.44. The molecule has 1 aromatic carbocycles. The van der Waals surface area contributed by atoms with Gasteiger partial charge in [0.2, 0.25) is 0 Å². The zero-order valence-corrected chi connectivity index (χ0v) is 14.2. The third kappa shape index (κ3) is 4.99. The molecule has 0 saturated heterocycles. The molecule has 1 saturated carbocycles. The monoisotopic (exact) mass is 359 g/mol. The van der Waals surface area contributed by atoms with Gasteiger partial charge < -0.3 is 15.7 Å². The summed E-state index contributed by atoms with van der Waals surface area (Å²) in [5, 5.41) is 15.2. The summed E-state index contributed by atoms with van der Waals surface area (Å²) in [5.74, 6) is -0.833. The average molecular weight is 360 g/mol. The van der Waals surface area contributed by atoms with E-state index in [1.54, 1.807) is 18.2 Å². The molecule has 0 spiro atoms. The molecule has 1 aromatic rings. The molecule has 23 heavy (non-hydrogen) atoms. The van der Waals surface area contributed by atoms with E-state index >= 15 is 0 Å². The molecule has 0 atom stereocenters. The number of amides is 2. The second-order valence-electron chi connectivity index (χ2n) is 5.51. The molecule has 8 heteroatoms. The SMILES string of the molecule is CCN(CC(=O)O)C1CC(NC(=O)Nc2ccc(Cl)c(Cl)c2)C1. The molecule has 1 fully saturated rings. The van der Waals surface area contributed by atoms with Gasteiger partial charge in [-0.2, -0.15) is 0 Å². The maximum atomic E-state index is 11.9. The van der Waals surface area contributed by atoms with E-state index in [1.807, 2.05) is 11.8 Å². The summed E-state index contributed by atoms with van der Waals surface area (Å²) in [7, 11) is 0. The molecule has 0 radical (unpaired) electrons. The molecule has 0 aromatic heterocycles. The fourth-order valence-electron chi connectivity index (χ4n) is 2.60. The zero-order valence-electron chi connectivity index (χ0n) is 12.7. The van der Waals surface area contributed by atoms with E-state index in [0.717, 1.165) is 12.8 Å². The lowest BCUT2D eigenvalue weighted by Crippen LogP contribution is -2.55. The quantitative estimate of drug-likeness (QED) is 0.728. The molecule has 0 unspecified atom stereocenters. The normalized spacial score (nSPS) is 20.0. The lowest BCUT2D eigenvalue weighted by atomic mass is 9.85. The molecule has 6 nitrogen and oxygen atoms in total. The zero-order chi connectivity index (χ0) is 17.0. The van der Waals surface area contributed by atoms with Crippen LogP contribution >= 0.6 is 23.2 Å². The fourth-order valence-corrected chi connectivity index (χ4v) is 2.90. The number of halogens is 2. The van der Waals surface area contributed by atoms with Crippen molar-refractivity contribution in [2.75, 3.05) is 18.4 Å². The van der Waals surface area contributed by atoms with Gasteiger partial charge in [-0.25, -0.2) is 4.79 Å². The predicted molar refractivity (Wildman–Crippen MR) is 90.3 cm³/mol. The van der Waals surface area contributed by atoms with Crippen LogP contribution in [0.15, 0.2) is 18.2 Å². The van der Waals surface area contributed by atoms with Gasteiger partial charge in [-0.15, -0.1) is 0 Å². The van der Waals surface area contributed by atoms with Crippen LogP contribution in [0, 0.1) is 0 Å². The number of hydrogen-bond donors (Lipinski definition) is 3. The minimum atomic E-state index is -0.833. The number of urea groups is 1. The van der Waals surface area contributed by atoms with Crippen molar-refractivity contribution < 1.29 is 14.7 Å². The smallest absolute Gasteiger partial charge is 0.319 e. The van der Waals surface area contributed by atoms with E-state index in [1.165, 1.54) is 0 Å². The number of aliphatic carboxylic acids is 1. The van der Waals surface area contributed by atoms with Gasteiger partial charge in [0.15, 0.2) is 0 Å². The number of benzene rings is 1. The lowest BCUT2D eigenvalue weighted by Gasteiger charge is -2.42. The maximum Gasteiger partial charge on any atom is 0.319 e. The van der Waals surface area contributed by atoms with E-state index in [9.17, 15) is 9.59 Å². The van der Waals surface area contributed by atoms with Gasteiger partial charge in [-0.05, 0) is 37.6 Å². The summed E-state index contributed by atoms with van der Waals surface area (Å²) in [4.78, 5) is 24.6. The summed E-state index contributed by atoms with van der Waals surface area (Å²) in [6.45, 7) is 2.64. The van der Waals surface area contributed by atoms with Crippen LogP contribution in [0.3, 0.4) is 0 Å². The first-order valence-corrected chi connectivity index (χ1v) is 8.13. The molecule has 126 valence electrons. The van der Waals surface area contributed by atoms with Gasteiger partial charge in [0.1, 0.15) is 0 Å². The van der Waals surface area contributed by atoms with Crippen LogP contribution in [0.1, 0.15) is 19.8 Å². The number of carboxylic acids is 1. The van der Waals surface area contributed by atoms with Crippen molar-refractivity contribution in [3.63, 3.8) is 0 Å². The molecule has 0 bridgehead atoms. The van der Waals surface area contributed by atoms with E-state index in [2.05, 4.69) is 10.6 Å². The Hall–Kier alpha value is -1.50. The number of rotatable bonds is 6. The van der Waals surface area contributed by atoms with Crippen molar-refractivity contribution in [2.24, 2.45) is 0 Å². The summed E-state index contributed by atoms with van der Waals surface area (Å²) >= 11 is 11.7. The topological polar surface area (TPSA) is 81.7 Å². The Labute approximate surface area is 144 Å². The molecule has 1 aliphatic rings. The number of carbonyl (C=O) groups excluding carboxylic acids is 1. The first-order valence-electron chi connectivity index (χ1n) is 7.37. The minimum Gasteiger partial charge on any atom is -0.480 e. The van der Waals surface area contributed by atoms with Crippen LogP contribution in [-0.4, -0.2) is 47.2 Å². The predicted octanol–water partition coefficient (Wildman–Crippen LogP) is 3.05. The van der Waals surface area contributed by atoms with Crippen molar-refractivity contribution in [3.8, 4) is 0 Å². The van der Waals surface area contributed by atoms with Gasteiger partial charge in [0.25, 0.3) is 0 Å². The van der Waals surface area contributed by atoms with E-state index < -0.39 is 5.97 Å². The summed E-state index contributed by atoms with van der Waals surface area (Å²) in [5.41, 5.74) is 0.564. The number of carbonyl (C=O) groups is 2. The highest BCUT2D eigenvalue weighted by Crippen LogP contribution is 2.27. The van der Waals surface area contributed by atoms with Gasteiger partial charge in [0.05, 0.1) is 16.6 Å². The Morgan fingerprint density at radius 1 is 1.30 bits per heavy atom. The highest BCUT2D eigenvalue weighted by atomic mass is 35.5. The van der Waals surface area contributed by atoms with Gasteiger partial charge >= 0.3 is 12.0 Å². The summed E-state index contributed by atoms with van der Waals surface area (Å²) in [6.07, 6.45) is 1.49. The Kier molecular flexibility index (Phi) is 6.10. The van der Waals surface area contributed by atoms with E-state index in [4.69, 9.17) is 28.3 Å². The van der Waals surface area contributed by atoms with E-state index in [-0.39, 0.29) is 24.7 Å². The summed E-state index contributed by atoms with van der Waals surface area (Å²) in [6, 6.07) is 4.80. The molecule has 2 rings (SSSR count). The van der Waals surface area contributed by atoms with Crippen molar-refractivity contribution >= 4 is 40.9 Å². The van der Waals surface area contributed by atoms with Crippen molar-refractivity contribution in [1.29, 1.82) is 0 Å². The van der Waals surface area contributed by atoms with Crippen molar-refractivity contribution in [2.45, 2.75) is 31.8 Å². The van der Waals surface area contributed by atoms with E-state index in [0.29, 0.717) is 22.3 Å². The number of nitrogens with zero attached hydrogens (tertiary/aromatic N) is 1. The van der Waals surface area contributed by atoms with Gasteiger partial charge in [0, 0.05) is 17.8 Å². The van der Waals surface area contributed by atoms with Gasteiger partial charge in [-0.1, -0.05) is 30.1 Å².